The SMILES string of the molecule is C[C@@]12CC([C@@]3(O)CC[C@H]4[C@@H]5C[C@H](O)[C@]6(O)[C@@H](O)C=CC(=O)[C@]6(C)[C@H]5CC[C@@]43C)[C@@H](C1)OC(=O)[C@]2(C)O. The highest BCUT2D eigenvalue weighted by molar-refractivity contribution is 5.97. The number of carbonyl (C=O) groups excluding carboxylic acids is 2. The molecule has 200 valence electrons. The third-order valence-electron chi connectivity index (χ3n) is 12.8. The summed E-state index contributed by atoms with van der Waals surface area (Å²) in [5, 5.41) is 56.9. The lowest BCUT2D eigenvalue weighted by Crippen LogP contribution is -2.74. The Hall–Kier alpha value is -1.32. The highest BCUT2D eigenvalue weighted by Crippen LogP contribution is 2.71. The Morgan fingerprint density at radius 1 is 0.917 bits per heavy atom. The monoisotopic (exact) mass is 504 g/mol. The van der Waals surface area contributed by atoms with Gasteiger partial charge < -0.3 is 30.3 Å². The Morgan fingerprint density at radius 3 is 2.28 bits per heavy atom. The number of aliphatic hydroxyl groups is 5. The number of fused-ring (bicyclic) bond motifs is 7. The van der Waals surface area contributed by atoms with E-state index < -0.39 is 57.3 Å². The van der Waals surface area contributed by atoms with Crippen LogP contribution in [0.4, 0.5) is 0 Å². The van der Waals surface area contributed by atoms with Crippen LogP contribution in [0, 0.1) is 39.9 Å². The molecule has 1 saturated heterocycles. The number of esters is 1. The number of ketones is 1. The van der Waals surface area contributed by atoms with Gasteiger partial charge in [0.2, 0.25) is 0 Å². The maximum atomic E-state index is 13.3. The molecule has 0 aromatic rings. The van der Waals surface area contributed by atoms with Crippen molar-refractivity contribution in [2.24, 2.45) is 39.9 Å². The predicted molar refractivity (Wildman–Crippen MR) is 127 cm³/mol. The van der Waals surface area contributed by atoms with Gasteiger partial charge in [-0.3, -0.25) is 4.79 Å². The molecule has 36 heavy (non-hydrogen) atoms. The van der Waals surface area contributed by atoms with Crippen LogP contribution in [0.3, 0.4) is 0 Å². The van der Waals surface area contributed by atoms with Crippen molar-refractivity contribution in [3.8, 4) is 0 Å². The highest BCUT2D eigenvalue weighted by Gasteiger charge is 2.75. The van der Waals surface area contributed by atoms with Crippen LogP contribution in [0.1, 0.15) is 72.6 Å². The lowest BCUT2D eigenvalue weighted by Gasteiger charge is -2.64. The number of carbonyl (C=O) groups is 2. The first-order valence-corrected chi connectivity index (χ1v) is 13.5. The third-order valence-corrected chi connectivity index (χ3v) is 12.8. The lowest BCUT2D eigenvalue weighted by atomic mass is 9.42. The van der Waals surface area contributed by atoms with Crippen LogP contribution in [0.15, 0.2) is 12.2 Å². The van der Waals surface area contributed by atoms with Crippen molar-refractivity contribution in [2.75, 3.05) is 0 Å². The van der Waals surface area contributed by atoms with Gasteiger partial charge in [0.15, 0.2) is 11.4 Å². The minimum atomic E-state index is -1.94. The lowest BCUT2D eigenvalue weighted by molar-refractivity contribution is -0.264. The molecule has 1 unspecified atom stereocenters. The molecule has 0 radical (unpaired) electrons. The van der Waals surface area contributed by atoms with Gasteiger partial charge >= 0.3 is 5.97 Å². The van der Waals surface area contributed by atoms with E-state index in [2.05, 4.69) is 6.92 Å². The van der Waals surface area contributed by atoms with Gasteiger partial charge in [0, 0.05) is 11.3 Å². The predicted octanol–water partition coefficient (Wildman–Crippen LogP) is 1.25. The molecule has 6 rings (SSSR count). The summed E-state index contributed by atoms with van der Waals surface area (Å²) >= 11 is 0. The van der Waals surface area contributed by atoms with E-state index in [4.69, 9.17) is 4.74 Å². The van der Waals surface area contributed by atoms with Crippen molar-refractivity contribution >= 4 is 11.8 Å². The van der Waals surface area contributed by atoms with E-state index in [9.17, 15) is 35.1 Å². The van der Waals surface area contributed by atoms with E-state index in [-0.39, 0.29) is 35.9 Å². The summed E-state index contributed by atoms with van der Waals surface area (Å²) in [7, 11) is 0. The number of hydrogen-bond acceptors (Lipinski definition) is 8. The zero-order valence-electron chi connectivity index (χ0n) is 21.6. The Balaban J connectivity index is 1.37. The zero-order valence-corrected chi connectivity index (χ0v) is 21.6. The molecule has 13 atom stereocenters. The van der Waals surface area contributed by atoms with Crippen LogP contribution in [-0.2, 0) is 14.3 Å². The fraction of sp³-hybridized carbons (Fsp3) is 0.857. The van der Waals surface area contributed by atoms with E-state index in [1.54, 1.807) is 6.92 Å². The van der Waals surface area contributed by atoms with Gasteiger partial charge in [0.1, 0.15) is 17.8 Å². The molecule has 2 bridgehead atoms. The Morgan fingerprint density at radius 2 is 1.58 bits per heavy atom. The molecule has 5 N–H and O–H groups in total. The number of hydrogen-bond donors (Lipinski definition) is 5. The van der Waals surface area contributed by atoms with Gasteiger partial charge in [-0.05, 0) is 94.1 Å². The maximum Gasteiger partial charge on any atom is 0.338 e. The molecule has 8 heteroatoms. The molecule has 0 spiro atoms. The molecule has 1 aliphatic heterocycles. The number of aliphatic hydroxyl groups excluding tert-OH is 2. The summed E-state index contributed by atoms with van der Waals surface area (Å²) in [6, 6.07) is 0. The van der Waals surface area contributed by atoms with Gasteiger partial charge in [-0.1, -0.05) is 13.8 Å². The van der Waals surface area contributed by atoms with E-state index in [1.165, 1.54) is 19.1 Å². The molecule has 4 saturated carbocycles. The molecule has 0 amide bonds. The molecule has 5 fully saturated rings. The first kappa shape index (κ1) is 25.0. The largest absolute Gasteiger partial charge is 0.460 e. The number of allylic oxidation sites excluding steroid dienone is 1. The molecular weight excluding hydrogens is 464 g/mol. The maximum absolute atomic E-state index is 13.3. The van der Waals surface area contributed by atoms with Gasteiger partial charge in [-0.2, -0.15) is 0 Å². The number of ether oxygens (including phenoxy) is 1. The van der Waals surface area contributed by atoms with E-state index >= 15 is 0 Å². The van der Waals surface area contributed by atoms with Crippen molar-refractivity contribution in [1.82, 2.24) is 0 Å². The fourth-order valence-corrected chi connectivity index (χ4v) is 10.2. The first-order chi connectivity index (χ1) is 16.6. The second-order valence-corrected chi connectivity index (χ2v) is 13.8. The van der Waals surface area contributed by atoms with Crippen LogP contribution >= 0.6 is 0 Å². The summed E-state index contributed by atoms with van der Waals surface area (Å²) in [4.78, 5) is 25.9. The Bertz CT molecular complexity index is 1050. The van der Waals surface area contributed by atoms with Gasteiger partial charge in [0.05, 0.1) is 17.1 Å². The van der Waals surface area contributed by atoms with E-state index in [1.807, 2.05) is 6.92 Å². The normalized spacial score (nSPS) is 61.9. The fourth-order valence-electron chi connectivity index (χ4n) is 10.2. The van der Waals surface area contributed by atoms with Crippen molar-refractivity contribution in [3.63, 3.8) is 0 Å². The average molecular weight is 505 g/mol. The molecule has 1 heterocycles. The molecule has 0 aromatic carbocycles. The molecule has 0 aromatic heterocycles. The van der Waals surface area contributed by atoms with Crippen LogP contribution in [-0.4, -0.2) is 72.4 Å². The van der Waals surface area contributed by atoms with Gasteiger partial charge in [-0.25, -0.2) is 4.79 Å². The molecule has 8 nitrogen and oxygen atoms in total. The van der Waals surface area contributed by atoms with Gasteiger partial charge in [0.25, 0.3) is 0 Å². The van der Waals surface area contributed by atoms with Crippen molar-refractivity contribution < 1.29 is 39.9 Å². The summed E-state index contributed by atoms with van der Waals surface area (Å²) in [5.41, 5.74) is -7.21. The van der Waals surface area contributed by atoms with Crippen LogP contribution < -0.4 is 0 Å². The van der Waals surface area contributed by atoms with Gasteiger partial charge in [-0.15, -0.1) is 0 Å². The highest BCUT2D eigenvalue weighted by atomic mass is 16.6. The summed E-state index contributed by atoms with van der Waals surface area (Å²) in [5.74, 6) is -1.56. The Kier molecular flexibility index (Phi) is 4.86. The second-order valence-electron chi connectivity index (χ2n) is 13.8. The molecular formula is C28H40O8. The van der Waals surface area contributed by atoms with Crippen molar-refractivity contribution in [1.29, 1.82) is 0 Å². The standard InChI is InChI=1S/C28H40O8/c1-23-12-17(18(13-23)36-22(32)26(23,4)33)27(34)10-8-15-14-11-21(31)28(35)20(30)6-5-19(29)25(28,3)16(14)7-9-24(15,27)2/h5-6,14-18,20-21,30-31,33-35H,7-13H2,1-4H3/t14-,15-,16-,17?,18+,20-,21-,23+,24-,25-,26-,27-,28+/m0/s1. The minimum Gasteiger partial charge on any atom is -0.460 e. The summed E-state index contributed by atoms with van der Waals surface area (Å²) < 4.78 is 5.72. The van der Waals surface area contributed by atoms with Crippen molar-refractivity contribution in [3.05, 3.63) is 12.2 Å². The zero-order chi connectivity index (χ0) is 26.3. The second kappa shape index (κ2) is 7.00. The van der Waals surface area contributed by atoms with Crippen LogP contribution in [0.25, 0.3) is 0 Å². The molecule has 5 aliphatic carbocycles. The number of rotatable bonds is 1. The van der Waals surface area contributed by atoms with E-state index in [0.29, 0.717) is 38.5 Å². The van der Waals surface area contributed by atoms with Crippen LogP contribution in [0.5, 0.6) is 0 Å². The molecule has 6 aliphatic rings. The minimum absolute atomic E-state index is 0.00223. The van der Waals surface area contributed by atoms with Crippen molar-refractivity contribution in [2.45, 2.75) is 108 Å². The quantitative estimate of drug-likeness (QED) is 0.336. The smallest absolute Gasteiger partial charge is 0.338 e. The Labute approximate surface area is 211 Å². The topological polar surface area (TPSA) is 145 Å². The average Bonchev–Trinajstić information content (AvgIpc) is 3.27. The summed E-state index contributed by atoms with van der Waals surface area (Å²) in [6.45, 7) is 7.20. The van der Waals surface area contributed by atoms with Crippen LogP contribution in [0.2, 0.25) is 0 Å². The third kappa shape index (κ3) is 2.49. The first-order valence-electron chi connectivity index (χ1n) is 13.5. The van der Waals surface area contributed by atoms with E-state index in [0.717, 1.165) is 0 Å². The summed E-state index contributed by atoms with van der Waals surface area (Å²) in [6.07, 6.45) is 3.22.